The van der Waals surface area contributed by atoms with Gasteiger partial charge in [-0.05, 0) is 25.8 Å². The van der Waals surface area contributed by atoms with Gasteiger partial charge in [-0.25, -0.2) is 0 Å². The molecule has 0 saturated heterocycles. The van der Waals surface area contributed by atoms with Gasteiger partial charge in [0.15, 0.2) is 0 Å². The van der Waals surface area contributed by atoms with Crippen LogP contribution in [0.4, 0.5) is 0 Å². The van der Waals surface area contributed by atoms with Gasteiger partial charge in [0.05, 0.1) is 17.2 Å². The SMILES string of the molecule is CCOCOCCC1=NS(=O)(=O)C2=C(C=CCC2)N1C. The maximum Gasteiger partial charge on any atom is 0.282 e. The smallest absolute Gasteiger partial charge is 0.282 e. The van der Waals surface area contributed by atoms with E-state index in [4.69, 9.17) is 9.47 Å². The highest BCUT2D eigenvalue weighted by Crippen LogP contribution is 2.31. The van der Waals surface area contributed by atoms with Crippen LogP contribution in [-0.2, 0) is 19.5 Å². The van der Waals surface area contributed by atoms with Gasteiger partial charge in [0.25, 0.3) is 10.0 Å². The Morgan fingerprint density at radius 3 is 2.95 bits per heavy atom. The number of rotatable bonds is 6. The summed E-state index contributed by atoms with van der Waals surface area (Å²) in [5.74, 6) is 0.506. The third kappa shape index (κ3) is 3.28. The first-order valence-electron chi connectivity index (χ1n) is 6.69. The molecule has 0 aromatic rings. The van der Waals surface area contributed by atoms with Gasteiger partial charge >= 0.3 is 0 Å². The van der Waals surface area contributed by atoms with Gasteiger partial charge in [-0.1, -0.05) is 6.08 Å². The van der Waals surface area contributed by atoms with Crippen molar-refractivity contribution in [3.8, 4) is 0 Å². The van der Waals surface area contributed by atoms with Crippen molar-refractivity contribution < 1.29 is 17.9 Å². The second kappa shape index (κ2) is 6.51. The molecule has 7 heteroatoms. The molecule has 1 aliphatic heterocycles. The summed E-state index contributed by atoms with van der Waals surface area (Å²) in [5, 5.41) is 0. The van der Waals surface area contributed by atoms with E-state index in [2.05, 4.69) is 4.40 Å². The van der Waals surface area contributed by atoms with E-state index in [0.717, 1.165) is 12.1 Å². The van der Waals surface area contributed by atoms with Crippen LogP contribution >= 0.6 is 0 Å². The third-order valence-corrected chi connectivity index (χ3v) is 4.71. The molecule has 112 valence electrons. The second-order valence-electron chi connectivity index (χ2n) is 4.56. The minimum atomic E-state index is -3.53. The van der Waals surface area contributed by atoms with E-state index < -0.39 is 10.0 Å². The van der Waals surface area contributed by atoms with Crippen LogP contribution in [0.3, 0.4) is 0 Å². The average Bonchev–Trinajstić information content (AvgIpc) is 2.44. The summed E-state index contributed by atoms with van der Waals surface area (Å²) in [6.07, 6.45) is 5.54. The van der Waals surface area contributed by atoms with Gasteiger partial charge in [0.2, 0.25) is 0 Å². The standard InChI is InChI=1S/C13H20N2O4S/c1-3-18-10-19-9-8-13-14-20(16,17)12-7-5-4-6-11(12)15(13)2/h4,6H,3,5,7-10H2,1-2H3. The van der Waals surface area contributed by atoms with E-state index in [1.54, 1.807) is 0 Å². The van der Waals surface area contributed by atoms with Crippen LogP contribution in [0.2, 0.25) is 0 Å². The molecule has 0 spiro atoms. The second-order valence-corrected chi connectivity index (χ2v) is 6.19. The Morgan fingerprint density at radius 2 is 2.20 bits per heavy atom. The topological polar surface area (TPSA) is 68.2 Å². The Hall–Kier alpha value is -1.18. The predicted octanol–water partition coefficient (Wildman–Crippen LogP) is 1.62. The quantitative estimate of drug-likeness (QED) is 0.551. The Labute approximate surface area is 119 Å². The van der Waals surface area contributed by atoms with Gasteiger partial charge < -0.3 is 14.4 Å². The van der Waals surface area contributed by atoms with Crippen LogP contribution in [0.25, 0.3) is 0 Å². The molecule has 0 atom stereocenters. The molecule has 0 amide bonds. The molecule has 6 nitrogen and oxygen atoms in total. The zero-order chi connectivity index (χ0) is 14.6. The summed E-state index contributed by atoms with van der Waals surface area (Å²) < 4.78 is 38.5. The van der Waals surface area contributed by atoms with E-state index in [9.17, 15) is 8.42 Å². The number of likely N-dealkylation sites (N-methyl/N-ethyl adjacent to an activating group) is 1. The lowest BCUT2D eigenvalue weighted by Gasteiger charge is -2.30. The maximum absolute atomic E-state index is 12.1. The number of allylic oxidation sites excluding steroid dienone is 3. The van der Waals surface area contributed by atoms with Crippen LogP contribution in [0.15, 0.2) is 27.2 Å². The highest BCUT2D eigenvalue weighted by atomic mass is 32.2. The molecular formula is C13H20N2O4S. The van der Waals surface area contributed by atoms with Crippen molar-refractivity contribution in [3.63, 3.8) is 0 Å². The van der Waals surface area contributed by atoms with Gasteiger partial charge in [-0.2, -0.15) is 8.42 Å². The largest absolute Gasteiger partial charge is 0.356 e. The van der Waals surface area contributed by atoms with E-state index in [1.165, 1.54) is 0 Å². The fraction of sp³-hybridized carbons (Fsp3) is 0.615. The van der Waals surface area contributed by atoms with Crippen molar-refractivity contribution in [2.45, 2.75) is 26.2 Å². The molecule has 0 aromatic heterocycles. The number of sulfonamides is 1. The average molecular weight is 300 g/mol. The summed E-state index contributed by atoms with van der Waals surface area (Å²) in [4.78, 5) is 2.25. The van der Waals surface area contributed by atoms with Gasteiger partial charge in [0, 0.05) is 20.1 Å². The molecule has 1 aliphatic carbocycles. The lowest BCUT2D eigenvalue weighted by molar-refractivity contribution is -0.0471. The Morgan fingerprint density at radius 1 is 1.40 bits per heavy atom. The number of ether oxygens (including phenoxy) is 2. The third-order valence-electron chi connectivity index (χ3n) is 3.23. The van der Waals surface area contributed by atoms with Crippen LogP contribution in [0.5, 0.6) is 0 Å². The molecule has 20 heavy (non-hydrogen) atoms. The molecule has 1 heterocycles. The fourth-order valence-electron chi connectivity index (χ4n) is 2.16. The number of nitrogens with zero attached hydrogens (tertiary/aromatic N) is 2. The van der Waals surface area contributed by atoms with Gasteiger partial charge in [0.1, 0.15) is 12.6 Å². The molecular weight excluding hydrogens is 280 g/mol. The molecule has 0 fully saturated rings. The van der Waals surface area contributed by atoms with Crippen molar-refractivity contribution >= 4 is 15.9 Å². The normalized spacial score (nSPS) is 20.9. The predicted molar refractivity (Wildman–Crippen MR) is 76.6 cm³/mol. The van der Waals surface area contributed by atoms with Gasteiger partial charge in [-0.15, -0.1) is 4.40 Å². The highest BCUT2D eigenvalue weighted by molar-refractivity contribution is 7.94. The van der Waals surface area contributed by atoms with Crippen LogP contribution in [0, 0.1) is 0 Å². The van der Waals surface area contributed by atoms with Crippen LogP contribution in [0.1, 0.15) is 26.2 Å². The zero-order valence-corrected chi connectivity index (χ0v) is 12.6. The molecule has 0 unspecified atom stereocenters. The van der Waals surface area contributed by atoms with Gasteiger partial charge in [-0.3, -0.25) is 0 Å². The summed E-state index contributed by atoms with van der Waals surface area (Å²) in [5.41, 5.74) is 0.728. The first-order chi connectivity index (χ1) is 9.56. The minimum absolute atomic E-state index is 0.216. The molecule has 0 N–H and O–H groups in total. The summed E-state index contributed by atoms with van der Waals surface area (Å²) in [6, 6.07) is 0. The van der Waals surface area contributed by atoms with E-state index in [0.29, 0.717) is 36.8 Å². The van der Waals surface area contributed by atoms with Crippen molar-refractivity contribution in [1.82, 2.24) is 4.90 Å². The number of amidine groups is 1. The Kier molecular flexibility index (Phi) is 4.95. The first-order valence-corrected chi connectivity index (χ1v) is 8.13. The molecule has 0 radical (unpaired) electrons. The number of hydrogen-bond acceptors (Lipinski definition) is 5. The minimum Gasteiger partial charge on any atom is -0.356 e. The van der Waals surface area contributed by atoms with Crippen LogP contribution in [-0.4, -0.2) is 46.2 Å². The van der Waals surface area contributed by atoms with Crippen molar-refractivity contribution in [1.29, 1.82) is 0 Å². The Bertz CT molecular complexity index is 549. The van der Waals surface area contributed by atoms with Crippen molar-refractivity contribution in [3.05, 3.63) is 22.8 Å². The lowest BCUT2D eigenvalue weighted by Crippen LogP contribution is -2.34. The van der Waals surface area contributed by atoms with E-state index in [-0.39, 0.29) is 6.79 Å². The molecule has 2 rings (SSSR count). The molecule has 0 bridgehead atoms. The van der Waals surface area contributed by atoms with E-state index >= 15 is 0 Å². The Balaban J connectivity index is 2.05. The number of hydrogen-bond donors (Lipinski definition) is 0. The lowest BCUT2D eigenvalue weighted by atomic mass is 10.1. The van der Waals surface area contributed by atoms with Crippen LogP contribution < -0.4 is 0 Å². The zero-order valence-electron chi connectivity index (χ0n) is 11.8. The first kappa shape index (κ1) is 15.2. The summed E-state index contributed by atoms with van der Waals surface area (Å²) in [7, 11) is -1.69. The fourth-order valence-corrected chi connectivity index (χ4v) is 3.61. The molecule has 0 aromatic carbocycles. The highest BCUT2D eigenvalue weighted by Gasteiger charge is 2.30. The summed E-state index contributed by atoms with van der Waals surface area (Å²) >= 11 is 0. The molecule has 2 aliphatic rings. The van der Waals surface area contributed by atoms with Crippen molar-refractivity contribution in [2.24, 2.45) is 4.40 Å². The maximum atomic E-state index is 12.1. The monoisotopic (exact) mass is 300 g/mol. The van der Waals surface area contributed by atoms with Crippen molar-refractivity contribution in [2.75, 3.05) is 27.1 Å². The summed E-state index contributed by atoms with van der Waals surface area (Å²) in [6.45, 7) is 3.08. The molecule has 0 saturated carbocycles. The van der Waals surface area contributed by atoms with E-state index in [1.807, 2.05) is 31.0 Å².